The first-order chi connectivity index (χ1) is 14.7. The topological polar surface area (TPSA) is 46.3 Å². The Labute approximate surface area is 177 Å². The van der Waals surface area contributed by atoms with Gasteiger partial charge in [0.2, 0.25) is 5.91 Å². The summed E-state index contributed by atoms with van der Waals surface area (Å²) in [4.78, 5) is 14.9. The highest BCUT2D eigenvalue weighted by Gasteiger charge is 2.36. The lowest BCUT2D eigenvalue weighted by Gasteiger charge is -2.41. The summed E-state index contributed by atoms with van der Waals surface area (Å²) in [5, 5.41) is 0. The van der Waals surface area contributed by atoms with Gasteiger partial charge in [-0.15, -0.1) is 0 Å². The monoisotopic (exact) mass is 402 g/mol. The maximum absolute atomic E-state index is 13.4. The SMILES string of the molecule is NCC(=O)N(Cc1ccc(F)cc1)C1c2ccccc2CCC1Cc1ccccc1. The number of carbonyl (C=O) groups is 1. The molecule has 1 aliphatic carbocycles. The summed E-state index contributed by atoms with van der Waals surface area (Å²) in [5.74, 6) is -0.0715. The highest BCUT2D eigenvalue weighted by atomic mass is 19.1. The van der Waals surface area contributed by atoms with Crippen LogP contribution in [-0.2, 0) is 24.2 Å². The second-order valence-corrected chi connectivity index (χ2v) is 7.98. The van der Waals surface area contributed by atoms with Gasteiger partial charge in [-0.25, -0.2) is 4.39 Å². The smallest absolute Gasteiger partial charge is 0.237 e. The van der Waals surface area contributed by atoms with E-state index in [1.807, 2.05) is 17.0 Å². The first-order valence-corrected chi connectivity index (χ1v) is 10.5. The fourth-order valence-electron chi connectivity index (χ4n) is 4.60. The molecule has 4 rings (SSSR count). The van der Waals surface area contributed by atoms with Crippen molar-refractivity contribution in [2.45, 2.75) is 31.8 Å². The Balaban J connectivity index is 1.72. The van der Waals surface area contributed by atoms with E-state index in [4.69, 9.17) is 5.73 Å². The lowest BCUT2D eigenvalue weighted by Crippen LogP contribution is -2.43. The van der Waals surface area contributed by atoms with Crippen molar-refractivity contribution in [3.8, 4) is 0 Å². The maximum Gasteiger partial charge on any atom is 0.237 e. The highest BCUT2D eigenvalue weighted by molar-refractivity contribution is 5.78. The minimum absolute atomic E-state index is 0.0437. The average molecular weight is 403 g/mol. The van der Waals surface area contributed by atoms with Gasteiger partial charge in [0, 0.05) is 6.54 Å². The summed E-state index contributed by atoms with van der Waals surface area (Å²) in [6.45, 7) is 0.374. The average Bonchev–Trinajstić information content (AvgIpc) is 2.79. The quantitative estimate of drug-likeness (QED) is 0.652. The molecule has 3 aromatic carbocycles. The third-order valence-electron chi connectivity index (χ3n) is 6.04. The summed E-state index contributed by atoms with van der Waals surface area (Å²) < 4.78 is 13.4. The van der Waals surface area contributed by atoms with E-state index in [0.29, 0.717) is 12.5 Å². The van der Waals surface area contributed by atoms with Crippen LogP contribution in [0.15, 0.2) is 78.9 Å². The van der Waals surface area contributed by atoms with Crippen LogP contribution < -0.4 is 5.73 Å². The van der Waals surface area contributed by atoms with Gasteiger partial charge >= 0.3 is 0 Å². The zero-order valence-corrected chi connectivity index (χ0v) is 17.0. The molecular weight excluding hydrogens is 375 g/mol. The Bertz CT molecular complexity index is 987. The Morgan fingerprint density at radius 2 is 1.63 bits per heavy atom. The standard InChI is InChI=1S/C26H27FN2O/c27-23-14-10-20(11-15-23)18-29(25(30)17-28)26-22(16-19-6-2-1-3-7-19)13-12-21-8-4-5-9-24(21)26/h1-11,14-15,22,26H,12-13,16-18,28H2. The Morgan fingerprint density at radius 1 is 0.933 bits per heavy atom. The first-order valence-electron chi connectivity index (χ1n) is 10.5. The van der Waals surface area contributed by atoms with Crippen molar-refractivity contribution in [2.24, 2.45) is 11.7 Å². The van der Waals surface area contributed by atoms with Crippen LogP contribution in [0.2, 0.25) is 0 Å². The van der Waals surface area contributed by atoms with Crippen LogP contribution >= 0.6 is 0 Å². The minimum atomic E-state index is -0.277. The molecule has 4 heteroatoms. The predicted molar refractivity (Wildman–Crippen MR) is 117 cm³/mol. The van der Waals surface area contributed by atoms with Gasteiger partial charge in [-0.1, -0.05) is 66.7 Å². The van der Waals surface area contributed by atoms with Crippen LogP contribution in [-0.4, -0.2) is 17.4 Å². The van der Waals surface area contributed by atoms with Crippen LogP contribution in [0.3, 0.4) is 0 Å². The molecule has 2 unspecified atom stereocenters. The molecule has 0 spiro atoms. The molecule has 2 atom stereocenters. The van der Waals surface area contributed by atoms with Gasteiger partial charge in [0.05, 0.1) is 12.6 Å². The van der Waals surface area contributed by atoms with Crippen molar-refractivity contribution in [3.05, 3.63) is 107 Å². The maximum atomic E-state index is 13.4. The van der Waals surface area contributed by atoms with E-state index in [9.17, 15) is 9.18 Å². The van der Waals surface area contributed by atoms with Crippen molar-refractivity contribution in [1.82, 2.24) is 4.90 Å². The summed E-state index contributed by atoms with van der Waals surface area (Å²) in [7, 11) is 0. The van der Waals surface area contributed by atoms with Gasteiger partial charge in [-0.3, -0.25) is 4.79 Å². The summed E-state index contributed by atoms with van der Waals surface area (Å²) >= 11 is 0. The number of benzene rings is 3. The lowest BCUT2D eigenvalue weighted by molar-refractivity contribution is -0.134. The van der Waals surface area contributed by atoms with Gasteiger partial charge in [0.15, 0.2) is 0 Å². The molecule has 3 nitrogen and oxygen atoms in total. The summed E-state index contributed by atoms with van der Waals surface area (Å²) in [6, 6.07) is 25.1. The first kappa shape index (κ1) is 20.3. The Kier molecular flexibility index (Phi) is 6.24. The molecule has 0 saturated carbocycles. The summed E-state index contributed by atoms with van der Waals surface area (Å²) in [5.41, 5.74) is 10.5. The zero-order chi connectivity index (χ0) is 20.9. The molecule has 0 aliphatic heterocycles. The molecule has 30 heavy (non-hydrogen) atoms. The fraction of sp³-hybridized carbons (Fsp3) is 0.269. The molecule has 0 fully saturated rings. The second kappa shape index (κ2) is 9.23. The largest absolute Gasteiger partial charge is 0.330 e. The van der Waals surface area contributed by atoms with E-state index in [2.05, 4.69) is 42.5 Å². The van der Waals surface area contributed by atoms with Gasteiger partial charge in [0.1, 0.15) is 5.82 Å². The molecule has 0 radical (unpaired) electrons. The van der Waals surface area contributed by atoms with Gasteiger partial charge in [0.25, 0.3) is 0 Å². The number of carbonyl (C=O) groups excluding carboxylic acids is 1. The Hall–Kier alpha value is -2.98. The molecule has 0 heterocycles. The van der Waals surface area contributed by atoms with Crippen molar-refractivity contribution in [2.75, 3.05) is 6.54 Å². The van der Waals surface area contributed by atoms with Crippen molar-refractivity contribution in [1.29, 1.82) is 0 Å². The van der Waals surface area contributed by atoms with E-state index < -0.39 is 0 Å². The lowest BCUT2D eigenvalue weighted by atomic mass is 9.76. The van der Waals surface area contributed by atoms with Crippen molar-refractivity contribution in [3.63, 3.8) is 0 Å². The predicted octanol–water partition coefficient (Wildman–Crippen LogP) is 4.66. The number of amides is 1. The van der Waals surface area contributed by atoms with E-state index in [0.717, 1.165) is 24.8 Å². The van der Waals surface area contributed by atoms with Crippen LogP contribution in [0.5, 0.6) is 0 Å². The van der Waals surface area contributed by atoms with Crippen molar-refractivity contribution < 1.29 is 9.18 Å². The normalized spacial score (nSPS) is 17.9. The van der Waals surface area contributed by atoms with Crippen LogP contribution in [0.1, 0.15) is 34.7 Å². The van der Waals surface area contributed by atoms with Crippen molar-refractivity contribution >= 4 is 5.91 Å². The molecule has 1 aliphatic rings. The zero-order valence-electron chi connectivity index (χ0n) is 17.0. The molecule has 0 bridgehead atoms. The van der Waals surface area contributed by atoms with Crippen LogP contribution in [0.4, 0.5) is 4.39 Å². The van der Waals surface area contributed by atoms with Crippen LogP contribution in [0, 0.1) is 11.7 Å². The third-order valence-corrected chi connectivity index (χ3v) is 6.04. The van der Waals surface area contributed by atoms with Gasteiger partial charge < -0.3 is 10.6 Å². The number of aryl methyl sites for hydroxylation is 1. The second-order valence-electron chi connectivity index (χ2n) is 7.98. The number of nitrogens with zero attached hydrogens (tertiary/aromatic N) is 1. The van der Waals surface area contributed by atoms with E-state index in [-0.39, 0.29) is 24.3 Å². The van der Waals surface area contributed by atoms with E-state index in [1.165, 1.54) is 28.8 Å². The number of hydrogen-bond acceptors (Lipinski definition) is 2. The summed E-state index contributed by atoms with van der Waals surface area (Å²) in [6.07, 6.45) is 2.91. The number of halogens is 1. The molecule has 1 amide bonds. The fourth-order valence-corrected chi connectivity index (χ4v) is 4.60. The molecule has 3 aromatic rings. The van der Waals surface area contributed by atoms with Gasteiger partial charge in [-0.2, -0.15) is 0 Å². The molecule has 154 valence electrons. The van der Waals surface area contributed by atoms with Gasteiger partial charge in [-0.05, 0) is 59.6 Å². The highest BCUT2D eigenvalue weighted by Crippen LogP contribution is 2.41. The minimum Gasteiger partial charge on any atom is -0.330 e. The third kappa shape index (κ3) is 4.44. The van der Waals surface area contributed by atoms with E-state index in [1.54, 1.807) is 12.1 Å². The van der Waals surface area contributed by atoms with E-state index >= 15 is 0 Å². The number of nitrogens with two attached hydrogens (primary N) is 1. The number of fused-ring (bicyclic) bond motifs is 1. The Morgan fingerprint density at radius 3 is 2.37 bits per heavy atom. The molecule has 0 saturated heterocycles. The molecule has 2 N–H and O–H groups in total. The number of rotatable bonds is 6. The molecular formula is C26H27FN2O. The number of hydrogen-bond donors (Lipinski definition) is 1. The van der Waals surface area contributed by atoms with Crippen LogP contribution in [0.25, 0.3) is 0 Å². The molecule has 0 aromatic heterocycles.